The molecule has 1 amide bonds. The van der Waals surface area contributed by atoms with Gasteiger partial charge in [0.25, 0.3) is 0 Å². The Kier molecular flexibility index (Phi) is 129. The van der Waals surface area contributed by atoms with Gasteiger partial charge in [0.05, 0.1) is 343 Å². The lowest BCUT2D eigenvalue weighted by Crippen LogP contribution is -2.28. The Labute approximate surface area is 877 Å². The highest BCUT2D eigenvalue weighted by Gasteiger charge is 2.09. The molecule has 1 aromatic heterocycles. The number of carbonyl (C=O) groups is 1. The largest absolute Gasteiger partial charge is 0.379 e. The Morgan fingerprint density at radius 1 is 0.209 bits per heavy atom. The molecule has 0 fully saturated rings. The molecule has 0 bridgehead atoms. The monoisotopic (exact) mass is 2170 g/mol. The topological polar surface area (TPSA) is 520 Å². The van der Waals surface area contributed by atoms with Crippen LogP contribution < -0.4 is 11.1 Å². The van der Waals surface area contributed by atoms with Crippen LogP contribution in [0, 0.1) is 0 Å². The summed E-state index contributed by atoms with van der Waals surface area (Å²) >= 11 is 0. The van der Waals surface area contributed by atoms with Crippen LogP contribution in [-0.4, -0.2) is 514 Å². The summed E-state index contributed by atoms with van der Waals surface area (Å²) in [5.41, 5.74) is 6.35. The molecule has 0 aliphatic rings. The van der Waals surface area contributed by atoms with Crippen LogP contribution in [0.25, 0.3) is 0 Å². The second kappa shape index (κ2) is 134. The molecule has 148 heavy (non-hydrogen) atoms. The molecule has 0 atom stereocenters. The highest BCUT2D eigenvalue weighted by Crippen LogP contribution is 2.14. The van der Waals surface area contributed by atoms with Crippen LogP contribution in [0.15, 0.2) is 6.20 Å². The van der Waals surface area contributed by atoms with E-state index >= 15 is 0 Å². The Hall–Kier alpha value is -3.31. The van der Waals surface area contributed by atoms with Crippen molar-refractivity contribution in [2.24, 2.45) is 5.73 Å². The molecule has 882 valence electrons. The average Bonchev–Trinajstić information content (AvgIpc) is 1.78. The Morgan fingerprint density at radius 2 is 0.378 bits per heavy atom. The van der Waals surface area contributed by atoms with Crippen LogP contribution in [0.4, 0.5) is 0 Å². The lowest BCUT2D eigenvalue weighted by atomic mass is 10.0. The molecule has 53 nitrogen and oxygen atoms in total. The first-order valence-electron chi connectivity index (χ1n) is 51.8. The molecule has 53 heteroatoms. The molecule has 0 radical (unpaired) electrons. The molecule has 0 unspecified atom stereocenters. The number of unbranched alkanes of at least 4 members (excludes halogenated alkanes) is 13. The van der Waals surface area contributed by atoms with Crippen molar-refractivity contribution in [3.8, 4) is 0 Å². The summed E-state index contributed by atoms with van der Waals surface area (Å²) in [7, 11) is 0. The molecule has 0 spiro atoms. The summed E-state index contributed by atoms with van der Waals surface area (Å²) in [6, 6.07) is 0. The first-order valence-corrected chi connectivity index (χ1v) is 51.8. The van der Waals surface area contributed by atoms with Crippen molar-refractivity contribution in [3.05, 3.63) is 11.9 Å². The first-order chi connectivity index (χ1) is 73.8. The van der Waals surface area contributed by atoms with E-state index in [9.17, 15) is 4.79 Å². The SMILES string of the molecule is CCCCCCCCCCCCCCCCc1cn(CCOCCOCCOCCOCCOCCOCCOCCOCCOCCOCCOCCOCCOCCOCCOCCOCCOCCOCCOCCOCCOCCOCCOCCOCCC(=O)NCCOCOCOCOCOCOCOCOCOCOCOCOCOCOCOCOCOCOCOCOCOCOCOCCN)nn1. The van der Waals surface area contributed by atoms with Crippen molar-refractivity contribution < 1.29 is 227 Å². The second-order valence-corrected chi connectivity index (χ2v) is 30.6. The van der Waals surface area contributed by atoms with E-state index in [4.69, 9.17) is 228 Å². The number of carbonyl (C=O) groups excluding carboxylic acids is 1. The molecule has 1 aromatic rings. The van der Waals surface area contributed by atoms with Gasteiger partial charge in [0.15, 0.2) is 136 Å². The van der Waals surface area contributed by atoms with E-state index in [2.05, 4.69) is 22.6 Å². The van der Waals surface area contributed by atoms with E-state index in [-0.39, 0.29) is 175 Å². The molecule has 1 heterocycles. The normalized spacial score (nSPS) is 11.8. The van der Waals surface area contributed by atoms with Gasteiger partial charge in [0.1, 0.15) is 13.6 Å². The second-order valence-electron chi connectivity index (χ2n) is 30.6. The fourth-order valence-corrected chi connectivity index (χ4v) is 11.1. The Balaban J connectivity index is 1.60. The van der Waals surface area contributed by atoms with Crippen molar-refractivity contribution in [1.29, 1.82) is 0 Å². The zero-order valence-electron chi connectivity index (χ0n) is 88.9. The maximum Gasteiger partial charge on any atom is 0.222 e. The smallest absolute Gasteiger partial charge is 0.222 e. The van der Waals surface area contributed by atoms with Crippen LogP contribution in [0.5, 0.6) is 0 Å². The lowest BCUT2D eigenvalue weighted by Gasteiger charge is -2.10. The van der Waals surface area contributed by atoms with Crippen molar-refractivity contribution in [3.63, 3.8) is 0 Å². The highest BCUT2D eigenvalue weighted by molar-refractivity contribution is 5.75. The van der Waals surface area contributed by atoms with Crippen LogP contribution in [-0.2, 0) is 240 Å². The van der Waals surface area contributed by atoms with Gasteiger partial charge in [-0.3, -0.25) is 4.79 Å². The zero-order chi connectivity index (χ0) is 105. The minimum absolute atomic E-state index is 0.0129. The number of nitrogens with one attached hydrogen (secondary N) is 1. The molecule has 1 rings (SSSR count). The third-order valence-electron chi connectivity index (χ3n) is 18.4. The molecule has 0 aliphatic heterocycles. The average molecular weight is 2170 g/mol. The number of hydrogen-bond donors (Lipinski definition) is 2. The minimum Gasteiger partial charge on any atom is -0.379 e. The van der Waals surface area contributed by atoms with Gasteiger partial charge >= 0.3 is 0 Å². The van der Waals surface area contributed by atoms with Crippen LogP contribution in [0.1, 0.15) is 109 Å². The molecule has 0 aliphatic carbocycles. The van der Waals surface area contributed by atoms with Crippen molar-refractivity contribution in [2.45, 2.75) is 116 Å². The summed E-state index contributed by atoms with van der Waals surface area (Å²) in [4.78, 5) is 12.1. The number of ether oxygens (including phenoxy) is 47. The van der Waals surface area contributed by atoms with Crippen LogP contribution in [0.3, 0.4) is 0 Å². The molecule has 0 aromatic carbocycles. The summed E-state index contributed by atoms with van der Waals surface area (Å²) < 4.78 is 253. The fourth-order valence-electron chi connectivity index (χ4n) is 11.1. The predicted octanol–water partition coefficient (Wildman–Crippen LogP) is 4.61. The van der Waals surface area contributed by atoms with Gasteiger partial charge in [-0.1, -0.05) is 95.6 Å². The lowest BCUT2D eigenvalue weighted by molar-refractivity contribution is -0.242. The standard InChI is InChI=1S/C95H189N5O48/c1-2-3-4-5-6-7-8-9-10-11-12-13-14-15-16-94-71-100(99-98-94)20-24-103-26-28-105-30-32-107-34-36-109-38-40-111-42-44-113-46-48-115-50-52-117-54-56-119-58-60-121-62-64-123-66-68-125-70-69-124-67-65-122-63-61-120-59-57-118-55-53-116-51-49-114-47-45-112-43-41-110-39-37-108-35-33-106-31-29-104-27-25-102-21-17-95(101)97-19-23-127-73-129-75-131-77-133-79-135-81-137-83-139-85-141-87-143-89-145-91-147-93-148-92-146-90-144-88-142-86-140-84-138-82-136-80-134-78-132-76-130-74-128-72-126-22-18-96/h71H,2-70,72-93,96H2,1H3,(H,97,101). The zero-order valence-corrected chi connectivity index (χ0v) is 88.9. The summed E-state index contributed by atoms with van der Waals surface area (Å²) in [6.45, 7) is 25.1. The van der Waals surface area contributed by atoms with Gasteiger partial charge in [-0.15, -0.1) is 5.10 Å². The van der Waals surface area contributed by atoms with Gasteiger partial charge in [-0.05, 0) is 12.8 Å². The van der Waals surface area contributed by atoms with Crippen molar-refractivity contribution in [2.75, 3.05) is 493 Å². The molecular weight excluding hydrogens is 1980 g/mol. The van der Waals surface area contributed by atoms with Gasteiger partial charge < -0.3 is 234 Å². The van der Waals surface area contributed by atoms with Crippen LogP contribution in [0.2, 0.25) is 0 Å². The fraction of sp³-hybridized carbons (Fsp3) is 0.968. The highest BCUT2D eigenvalue weighted by atomic mass is 16.9. The van der Waals surface area contributed by atoms with Crippen LogP contribution >= 0.6 is 0 Å². The van der Waals surface area contributed by atoms with E-state index in [1.165, 1.54) is 89.9 Å². The number of amides is 1. The molecule has 0 saturated carbocycles. The molecule has 0 saturated heterocycles. The number of hydrogen-bond acceptors (Lipinski definition) is 51. The summed E-state index contributed by atoms with van der Waals surface area (Å²) in [5.74, 6) is -0.168. The first kappa shape index (κ1) is 143. The minimum atomic E-state index is -0.168. The summed E-state index contributed by atoms with van der Waals surface area (Å²) in [6.07, 6.45) is 22.4. The van der Waals surface area contributed by atoms with Crippen molar-refractivity contribution in [1.82, 2.24) is 20.3 Å². The number of rotatable bonds is 139. The summed E-state index contributed by atoms with van der Waals surface area (Å²) in [5, 5.41) is 11.3. The third-order valence-corrected chi connectivity index (χ3v) is 18.4. The van der Waals surface area contributed by atoms with Crippen molar-refractivity contribution >= 4 is 5.91 Å². The Bertz CT molecular complexity index is 2550. The number of aryl methyl sites for hydroxylation is 1. The molecular formula is C95H189N5O48. The van der Waals surface area contributed by atoms with E-state index in [0.29, 0.717) is 337 Å². The maximum atomic E-state index is 12.1. The van der Waals surface area contributed by atoms with Gasteiger partial charge in [-0.2, -0.15) is 0 Å². The van der Waals surface area contributed by atoms with E-state index in [1.54, 1.807) is 0 Å². The number of aromatic nitrogens is 3. The third kappa shape index (κ3) is 128. The van der Waals surface area contributed by atoms with Gasteiger partial charge in [0, 0.05) is 25.7 Å². The van der Waals surface area contributed by atoms with Gasteiger partial charge in [0.2, 0.25) is 5.91 Å². The van der Waals surface area contributed by atoms with Gasteiger partial charge in [-0.25, -0.2) is 4.68 Å². The number of nitrogens with zero attached hydrogens (tertiary/aromatic N) is 3. The molecule has 3 N–H and O–H groups in total. The predicted molar refractivity (Wildman–Crippen MR) is 522 cm³/mol. The Morgan fingerprint density at radius 3 is 0.574 bits per heavy atom. The quantitative estimate of drug-likeness (QED) is 0.0664. The maximum absolute atomic E-state index is 12.1. The van der Waals surface area contributed by atoms with E-state index in [1.807, 2.05) is 10.9 Å². The number of nitrogens with two attached hydrogens (primary N) is 1. The van der Waals surface area contributed by atoms with E-state index in [0.717, 1.165) is 12.1 Å². The van der Waals surface area contributed by atoms with E-state index < -0.39 is 0 Å².